The third kappa shape index (κ3) is 4.49. The van der Waals surface area contributed by atoms with Crippen LogP contribution >= 0.6 is 11.3 Å². The second-order valence-corrected chi connectivity index (χ2v) is 4.73. The Balaban J connectivity index is 0.00000137. The zero-order valence-electron chi connectivity index (χ0n) is 12.0. The van der Waals surface area contributed by atoms with E-state index in [4.69, 9.17) is 0 Å². The molecule has 0 aromatic carbocycles. The molecular formula is C15H23NOS. The summed E-state index contributed by atoms with van der Waals surface area (Å²) in [5.41, 5.74) is 2.09. The van der Waals surface area contributed by atoms with Gasteiger partial charge in [-0.3, -0.25) is 9.36 Å². The van der Waals surface area contributed by atoms with Crippen LogP contribution in [0.4, 0.5) is 0 Å². The van der Waals surface area contributed by atoms with E-state index < -0.39 is 0 Å². The standard InChI is InChI=1S/C13H17NOS.C2H6/c1-5-7-8-12(6-2)9-14-10(3)11(4)16-13(14)15;1-2/h5-8H,2,9H2,1,3-4H3;1-2H3/b7-5-,12-8+;. The van der Waals surface area contributed by atoms with Gasteiger partial charge in [0.25, 0.3) is 0 Å². The topological polar surface area (TPSA) is 22.0 Å². The molecule has 1 aromatic heterocycles. The van der Waals surface area contributed by atoms with Gasteiger partial charge in [0.2, 0.25) is 0 Å². The second kappa shape index (κ2) is 8.70. The van der Waals surface area contributed by atoms with Crippen LogP contribution in [-0.2, 0) is 6.54 Å². The summed E-state index contributed by atoms with van der Waals surface area (Å²) in [5.74, 6) is 0. The molecule has 0 saturated carbocycles. The molecule has 1 rings (SSSR count). The van der Waals surface area contributed by atoms with E-state index in [1.165, 1.54) is 11.3 Å². The summed E-state index contributed by atoms with van der Waals surface area (Å²) in [6.45, 7) is 14.3. The minimum Gasteiger partial charge on any atom is -0.299 e. The second-order valence-electron chi connectivity index (χ2n) is 3.57. The summed E-state index contributed by atoms with van der Waals surface area (Å²) in [5, 5.41) is 0. The molecule has 1 aromatic rings. The van der Waals surface area contributed by atoms with Crippen molar-refractivity contribution >= 4 is 11.3 Å². The Hall–Kier alpha value is -1.35. The molecular weight excluding hydrogens is 242 g/mol. The predicted octanol–water partition coefficient (Wildman–Crippen LogP) is 4.24. The van der Waals surface area contributed by atoms with Crippen molar-refractivity contribution in [3.63, 3.8) is 0 Å². The van der Waals surface area contributed by atoms with Crippen LogP contribution < -0.4 is 4.87 Å². The minimum absolute atomic E-state index is 0.100. The Bertz CT molecular complexity index is 489. The normalized spacial score (nSPS) is 11.3. The Labute approximate surface area is 114 Å². The fourth-order valence-corrected chi connectivity index (χ4v) is 2.19. The van der Waals surface area contributed by atoms with Gasteiger partial charge in [0.05, 0.1) is 6.54 Å². The first-order valence-corrected chi connectivity index (χ1v) is 7.03. The van der Waals surface area contributed by atoms with Gasteiger partial charge in [-0.1, -0.05) is 56.1 Å². The van der Waals surface area contributed by atoms with Crippen LogP contribution in [0.2, 0.25) is 0 Å². The molecule has 0 bridgehead atoms. The van der Waals surface area contributed by atoms with Crippen molar-refractivity contribution in [3.8, 4) is 0 Å². The first-order valence-electron chi connectivity index (χ1n) is 6.21. The maximum Gasteiger partial charge on any atom is 0.307 e. The highest BCUT2D eigenvalue weighted by Crippen LogP contribution is 2.11. The van der Waals surface area contributed by atoms with Crippen LogP contribution in [0.15, 0.2) is 41.3 Å². The molecule has 0 spiro atoms. The van der Waals surface area contributed by atoms with Crippen LogP contribution in [-0.4, -0.2) is 4.57 Å². The average molecular weight is 265 g/mol. The Morgan fingerprint density at radius 3 is 2.39 bits per heavy atom. The molecule has 1 heterocycles. The number of allylic oxidation sites excluding steroid dienone is 5. The molecule has 0 aliphatic heterocycles. The van der Waals surface area contributed by atoms with Gasteiger partial charge in [0, 0.05) is 10.6 Å². The molecule has 100 valence electrons. The molecule has 18 heavy (non-hydrogen) atoms. The number of rotatable bonds is 4. The highest BCUT2D eigenvalue weighted by Gasteiger charge is 2.07. The van der Waals surface area contributed by atoms with E-state index in [9.17, 15) is 4.79 Å². The van der Waals surface area contributed by atoms with E-state index in [0.29, 0.717) is 6.54 Å². The van der Waals surface area contributed by atoms with Gasteiger partial charge in [0.15, 0.2) is 0 Å². The maximum atomic E-state index is 11.7. The molecule has 2 nitrogen and oxygen atoms in total. The predicted molar refractivity (Wildman–Crippen MR) is 82.5 cm³/mol. The molecule has 3 heteroatoms. The lowest BCUT2D eigenvalue weighted by atomic mass is 10.2. The van der Waals surface area contributed by atoms with Gasteiger partial charge >= 0.3 is 4.87 Å². The minimum atomic E-state index is 0.100. The van der Waals surface area contributed by atoms with Crippen LogP contribution in [0.5, 0.6) is 0 Å². The van der Waals surface area contributed by atoms with Crippen LogP contribution in [0.25, 0.3) is 0 Å². The van der Waals surface area contributed by atoms with E-state index in [1.807, 2.05) is 52.8 Å². The van der Waals surface area contributed by atoms with E-state index in [2.05, 4.69) is 6.58 Å². The summed E-state index contributed by atoms with van der Waals surface area (Å²) in [7, 11) is 0. The lowest BCUT2D eigenvalue weighted by Crippen LogP contribution is -2.15. The monoisotopic (exact) mass is 265 g/mol. The van der Waals surface area contributed by atoms with Crippen LogP contribution in [0.3, 0.4) is 0 Å². The number of aryl methyl sites for hydroxylation is 1. The van der Waals surface area contributed by atoms with Gasteiger partial charge in [-0.2, -0.15) is 0 Å². The van der Waals surface area contributed by atoms with Crippen molar-refractivity contribution < 1.29 is 0 Å². The van der Waals surface area contributed by atoms with Crippen molar-refractivity contribution in [2.75, 3.05) is 0 Å². The highest BCUT2D eigenvalue weighted by molar-refractivity contribution is 7.09. The van der Waals surface area contributed by atoms with Gasteiger partial charge in [-0.05, 0) is 26.3 Å². The van der Waals surface area contributed by atoms with Gasteiger partial charge in [0.1, 0.15) is 0 Å². The lowest BCUT2D eigenvalue weighted by Gasteiger charge is -2.05. The van der Waals surface area contributed by atoms with Gasteiger partial charge in [-0.25, -0.2) is 0 Å². The summed E-state index contributed by atoms with van der Waals surface area (Å²) in [6, 6.07) is 0. The molecule has 0 atom stereocenters. The maximum absolute atomic E-state index is 11.7. The number of thiazole rings is 1. The third-order valence-electron chi connectivity index (χ3n) is 2.48. The molecule has 0 aliphatic carbocycles. The van der Waals surface area contributed by atoms with Crippen LogP contribution in [0.1, 0.15) is 31.3 Å². The number of aromatic nitrogens is 1. The first-order chi connectivity index (χ1) is 8.60. The van der Waals surface area contributed by atoms with Crippen LogP contribution in [0, 0.1) is 13.8 Å². The van der Waals surface area contributed by atoms with Crippen molar-refractivity contribution in [2.24, 2.45) is 0 Å². The number of nitrogens with zero attached hydrogens (tertiary/aromatic N) is 1. The Morgan fingerprint density at radius 2 is 2.00 bits per heavy atom. The van der Waals surface area contributed by atoms with Crippen molar-refractivity contribution in [2.45, 2.75) is 41.2 Å². The average Bonchev–Trinajstić information content (AvgIpc) is 2.62. The molecule has 0 radical (unpaired) electrons. The first kappa shape index (κ1) is 16.6. The Kier molecular flexibility index (Phi) is 8.05. The Morgan fingerprint density at radius 1 is 1.39 bits per heavy atom. The lowest BCUT2D eigenvalue weighted by molar-refractivity contribution is 0.751. The molecule has 0 fully saturated rings. The zero-order valence-corrected chi connectivity index (χ0v) is 12.8. The zero-order chi connectivity index (χ0) is 14.1. The molecule has 0 saturated heterocycles. The van der Waals surface area contributed by atoms with Crippen molar-refractivity contribution in [3.05, 3.63) is 56.7 Å². The molecule has 0 unspecified atom stereocenters. The third-order valence-corrected chi connectivity index (χ3v) is 3.48. The van der Waals surface area contributed by atoms with Gasteiger partial charge < -0.3 is 0 Å². The highest BCUT2D eigenvalue weighted by atomic mass is 32.1. The van der Waals surface area contributed by atoms with E-state index in [0.717, 1.165) is 16.1 Å². The number of hydrogen-bond acceptors (Lipinski definition) is 2. The quantitative estimate of drug-likeness (QED) is 0.746. The fourth-order valence-electron chi connectivity index (χ4n) is 1.36. The molecule has 0 aliphatic rings. The van der Waals surface area contributed by atoms with Crippen molar-refractivity contribution in [1.82, 2.24) is 4.57 Å². The summed E-state index contributed by atoms with van der Waals surface area (Å²) < 4.78 is 1.79. The largest absolute Gasteiger partial charge is 0.307 e. The van der Waals surface area contributed by atoms with E-state index in [1.54, 1.807) is 10.6 Å². The summed E-state index contributed by atoms with van der Waals surface area (Å²) in [4.78, 5) is 12.9. The summed E-state index contributed by atoms with van der Waals surface area (Å²) >= 11 is 1.30. The smallest absolute Gasteiger partial charge is 0.299 e. The van der Waals surface area contributed by atoms with E-state index in [-0.39, 0.29) is 4.87 Å². The molecule has 0 amide bonds. The molecule has 0 N–H and O–H groups in total. The van der Waals surface area contributed by atoms with E-state index >= 15 is 0 Å². The fraction of sp³-hybridized carbons (Fsp3) is 0.400. The number of hydrogen-bond donors (Lipinski definition) is 0. The summed E-state index contributed by atoms with van der Waals surface area (Å²) in [6.07, 6.45) is 7.68. The SMILES string of the molecule is C=C/C(=C\C=C/C)Cn1c(C)c(C)sc1=O.CC. The van der Waals surface area contributed by atoms with Gasteiger partial charge in [-0.15, -0.1) is 0 Å². The van der Waals surface area contributed by atoms with Crippen molar-refractivity contribution in [1.29, 1.82) is 0 Å².